The Morgan fingerprint density at radius 3 is 2.68 bits per heavy atom. The van der Waals surface area contributed by atoms with Gasteiger partial charge in [0, 0.05) is 16.6 Å². The summed E-state index contributed by atoms with van der Waals surface area (Å²) in [4.78, 5) is 3.68. The maximum absolute atomic E-state index is 12.8. The van der Waals surface area contributed by atoms with E-state index in [-0.39, 0.29) is 4.90 Å². The van der Waals surface area contributed by atoms with Crippen molar-refractivity contribution in [1.82, 2.24) is 4.98 Å². The molecule has 2 N–H and O–H groups in total. The van der Waals surface area contributed by atoms with Crippen molar-refractivity contribution in [2.75, 3.05) is 4.72 Å². The van der Waals surface area contributed by atoms with Gasteiger partial charge in [0.1, 0.15) is 0 Å². The van der Waals surface area contributed by atoms with Gasteiger partial charge in [0.2, 0.25) is 0 Å². The van der Waals surface area contributed by atoms with Crippen LogP contribution in [0.1, 0.15) is 29.7 Å². The molecule has 25 heavy (non-hydrogen) atoms. The first-order valence-corrected chi connectivity index (χ1v) is 10.2. The van der Waals surface area contributed by atoms with E-state index in [2.05, 4.69) is 9.71 Å². The number of anilines is 1. The number of aromatic amines is 1. The highest BCUT2D eigenvalue weighted by Crippen LogP contribution is 2.32. The van der Waals surface area contributed by atoms with Crippen molar-refractivity contribution >= 4 is 38.2 Å². The molecule has 0 aliphatic heterocycles. The second kappa shape index (κ2) is 6.07. The number of nitrogens with one attached hydrogen (secondary N) is 2. The second-order valence-corrected chi connectivity index (χ2v) is 8.68. The topological polar surface area (TPSA) is 62.0 Å². The monoisotopic (exact) mass is 374 g/mol. The molecule has 0 saturated heterocycles. The Morgan fingerprint density at radius 1 is 1.08 bits per heavy atom. The predicted molar refractivity (Wildman–Crippen MR) is 102 cm³/mol. The maximum atomic E-state index is 12.8. The van der Waals surface area contributed by atoms with Gasteiger partial charge in [-0.2, -0.15) is 0 Å². The highest BCUT2D eigenvalue weighted by molar-refractivity contribution is 7.92. The number of aromatic nitrogens is 1. The van der Waals surface area contributed by atoms with Crippen molar-refractivity contribution in [3.63, 3.8) is 0 Å². The third-order valence-corrected chi connectivity index (χ3v) is 6.42. The van der Waals surface area contributed by atoms with Gasteiger partial charge in [-0.3, -0.25) is 4.72 Å². The molecule has 0 unspecified atom stereocenters. The average Bonchev–Trinajstić information content (AvgIpc) is 2.95. The Labute approximate surface area is 152 Å². The van der Waals surface area contributed by atoms with Crippen molar-refractivity contribution in [2.45, 2.75) is 37.5 Å². The number of aryl methyl sites for hydroxylation is 3. The van der Waals surface area contributed by atoms with Crippen LogP contribution in [-0.4, -0.2) is 13.4 Å². The number of sulfonamides is 1. The maximum Gasteiger partial charge on any atom is 0.261 e. The van der Waals surface area contributed by atoms with Crippen LogP contribution in [0.3, 0.4) is 0 Å². The fourth-order valence-corrected chi connectivity index (χ4v) is 4.90. The molecule has 130 valence electrons. The molecule has 1 aliphatic rings. The third kappa shape index (κ3) is 3.02. The van der Waals surface area contributed by atoms with Crippen molar-refractivity contribution in [2.24, 2.45) is 0 Å². The molecule has 4 rings (SSSR count). The average molecular weight is 375 g/mol. The Bertz CT molecular complexity index is 1070. The quantitative estimate of drug-likeness (QED) is 0.691. The van der Waals surface area contributed by atoms with Crippen molar-refractivity contribution in [3.05, 3.63) is 58.2 Å². The molecule has 1 heterocycles. The van der Waals surface area contributed by atoms with E-state index in [1.165, 1.54) is 17.7 Å². The summed E-state index contributed by atoms with van der Waals surface area (Å²) in [7, 11) is -3.69. The van der Waals surface area contributed by atoms with Crippen molar-refractivity contribution in [1.29, 1.82) is 0 Å². The molecule has 0 amide bonds. The van der Waals surface area contributed by atoms with E-state index in [4.69, 9.17) is 11.6 Å². The van der Waals surface area contributed by atoms with E-state index in [0.717, 1.165) is 35.7 Å². The molecular formula is C19H19ClN2O2S. The lowest BCUT2D eigenvalue weighted by Gasteiger charge is -2.12. The fraction of sp³-hybridized carbons (Fsp3) is 0.263. The van der Waals surface area contributed by atoms with Crippen LogP contribution >= 0.6 is 11.6 Å². The fourth-order valence-electron chi connectivity index (χ4n) is 3.46. The summed E-state index contributed by atoms with van der Waals surface area (Å²) in [5.74, 6) is 0. The van der Waals surface area contributed by atoms with E-state index in [1.54, 1.807) is 24.3 Å². The molecule has 1 aromatic heterocycles. The minimum atomic E-state index is -3.69. The first kappa shape index (κ1) is 16.5. The largest absolute Gasteiger partial charge is 0.358 e. The van der Waals surface area contributed by atoms with E-state index >= 15 is 0 Å². The number of H-pyrrole nitrogens is 1. The highest BCUT2D eigenvalue weighted by Gasteiger charge is 2.20. The zero-order valence-corrected chi connectivity index (χ0v) is 15.5. The summed E-state index contributed by atoms with van der Waals surface area (Å²) >= 11 is 6.16. The third-order valence-electron chi connectivity index (χ3n) is 4.75. The van der Waals surface area contributed by atoms with Gasteiger partial charge in [-0.1, -0.05) is 17.7 Å². The molecule has 0 atom stereocenters. The minimum absolute atomic E-state index is 0.254. The van der Waals surface area contributed by atoms with E-state index in [0.29, 0.717) is 10.7 Å². The number of hydrogen-bond donors (Lipinski definition) is 2. The number of benzene rings is 2. The summed E-state index contributed by atoms with van der Waals surface area (Å²) < 4.78 is 28.2. The first-order valence-electron chi connectivity index (χ1n) is 8.36. The van der Waals surface area contributed by atoms with Crippen molar-refractivity contribution in [3.8, 4) is 0 Å². The summed E-state index contributed by atoms with van der Waals surface area (Å²) in [5, 5.41) is 1.40. The SMILES string of the molecule is Cc1ccc(NS(=O)(=O)c2ccc3[nH]c4c(c3c2)CCCC4)c(Cl)c1. The van der Waals surface area contributed by atoms with Crippen LogP contribution in [0.15, 0.2) is 41.3 Å². The van der Waals surface area contributed by atoms with Crippen molar-refractivity contribution < 1.29 is 8.42 Å². The van der Waals surface area contributed by atoms with Gasteiger partial charge in [-0.05, 0) is 74.1 Å². The standard InChI is InChI=1S/C19H19ClN2O2S/c1-12-6-8-19(16(20)10-12)22-25(23,24)13-7-9-18-15(11-13)14-4-2-3-5-17(14)21-18/h6-11,21-22H,2-5H2,1H3. The van der Waals surface area contributed by atoms with E-state index < -0.39 is 10.0 Å². The zero-order valence-electron chi connectivity index (χ0n) is 13.9. The normalized spacial score (nSPS) is 14.5. The van der Waals surface area contributed by atoms with Gasteiger partial charge in [-0.25, -0.2) is 8.42 Å². The zero-order chi connectivity index (χ0) is 17.6. The molecule has 2 aromatic carbocycles. The minimum Gasteiger partial charge on any atom is -0.358 e. The van der Waals surface area contributed by atoms with Gasteiger partial charge in [-0.15, -0.1) is 0 Å². The van der Waals surface area contributed by atoms with Gasteiger partial charge >= 0.3 is 0 Å². The van der Waals surface area contributed by atoms with Crippen LogP contribution < -0.4 is 4.72 Å². The van der Waals surface area contributed by atoms with Gasteiger partial charge in [0.15, 0.2) is 0 Å². The number of fused-ring (bicyclic) bond motifs is 3. The molecule has 0 bridgehead atoms. The number of halogens is 1. The predicted octanol–water partition coefficient (Wildman–Crippen LogP) is 4.81. The second-order valence-electron chi connectivity index (χ2n) is 6.59. The summed E-state index contributed by atoms with van der Waals surface area (Å²) in [5.41, 5.74) is 4.87. The molecule has 0 fully saturated rings. The Kier molecular flexibility index (Phi) is 4.01. The van der Waals surface area contributed by atoms with Gasteiger partial charge < -0.3 is 4.98 Å². The lowest BCUT2D eigenvalue weighted by atomic mass is 9.96. The molecule has 1 aliphatic carbocycles. The van der Waals surface area contributed by atoms with Gasteiger partial charge in [0.25, 0.3) is 10.0 Å². The molecule has 0 spiro atoms. The lowest BCUT2D eigenvalue weighted by molar-refractivity contribution is 0.601. The smallest absolute Gasteiger partial charge is 0.261 e. The number of rotatable bonds is 3. The summed E-state index contributed by atoms with van der Waals surface area (Å²) in [6, 6.07) is 10.5. The number of hydrogen-bond acceptors (Lipinski definition) is 2. The first-order chi connectivity index (χ1) is 11.9. The van der Waals surface area contributed by atoms with Crippen LogP contribution in [0.4, 0.5) is 5.69 Å². The molecule has 6 heteroatoms. The molecule has 3 aromatic rings. The Hall–Kier alpha value is -1.98. The molecular weight excluding hydrogens is 356 g/mol. The Morgan fingerprint density at radius 2 is 1.88 bits per heavy atom. The van der Waals surface area contributed by atoms with Crippen LogP contribution in [0.2, 0.25) is 5.02 Å². The van der Waals surface area contributed by atoms with Crippen LogP contribution in [0, 0.1) is 6.92 Å². The molecule has 0 radical (unpaired) electrons. The summed E-state index contributed by atoms with van der Waals surface area (Å²) in [6.07, 6.45) is 4.35. The molecule has 0 saturated carbocycles. The van der Waals surface area contributed by atoms with Crippen LogP contribution in [0.25, 0.3) is 10.9 Å². The van der Waals surface area contributed by atoms with Gasteiger partial charge in [0.05, 0.1) is 15.6 Å². The van der Waals surface area contributed by atoms with Crippen LogP contribution in [-0.2, 0) is 22.9 Å². The Balaban J connectivity index is 1.74. The van der Waals surface area contributed by atoms with E-state index in [1.807, 2.05) is 19.1 Å². The highest BCUT2D eigenvalue weighted by atomic mass is 35.5. The van der Waals surface area contributed by atoms with Crippen LogP contribution in [0.5, 0.6) is 0 Å². The summed E-state index contributed by atoms with van der Waals surface area (Å²) in [6.45, 7) is 1.91. The lowest BCUT2D eigenvalue weighted by Crippen LogP contribution is -2.13. The van der Waals surface area contributed by atoms with E-state index in [9.17, 15) is 8.42 Å². The molecule has 4 nitrogen and oxygen atoms in total.